The number of aromatic nitrogens is 2. The maximum atomic E-state index is 5.80. The molecule has 0 amide bonds. The SMILES string of the molecule is CCCN1C(=S)NC(c2ccc(CC)cc2)C(c2nc(-c3cccc(C)c3)no2)=C1C. The van der Waals surface area contributed by atoms with Gasteiger partial charge in [-0.1, -0.05) is 67.0 Å². The standard InChI is InChI=1S/C25H28N4OS/c1-5-14-29-17(4)21(22(26-25(29)31)19-12-10-18(6-2)11-13-19)24-27-23(28-30-24)20-9-7-8-16(3)15-20/h7-13,15,22H,5-6,14H2,1-4H3,(H,26,31). The van der Waals surface area contributed by atoms with Gasteiger partial charge in [0.15, 0.2) is 5.11 Å². The van der Waals surface area contributed by atoms with Crippen LogP contribution in [0.4, 0.5) is 0 Å². The molecule has 6 heteroatoms. The Kier molecular flexibility index (Phi) is 6.18. The highest BCUT2D eigenvalue weighted by atomic mass is 32.1. The van der Waals surface area contributed by atoms with E-state index >= 15 is 0 Å². The average molecular weight is 433 g/mol. The number of rotatable bonds is 6. The largest absolute Gasteiger partial charge is 0.351 e. The Hall–Kier alpha value is -2.99. The van der Waals surface area contributed by atoms with Gasteiger partial charge in [-0.2, -0.15) is 4.98 Å². The number of benzene rings is 2. The summed E-state index contributed by atoms with van der Waals surface area (Å²) in [5, 5.41) is 8.53. The smallest absolute Gasteiger partial charge is 0.258 e. The van der Waals surface area contributed by atoms with E-state index in [1.54, 1.807) is 0 Å². The van der Waals surface area contributed by atoms with Gasteiger partial charge in [0, 0.05) is 17.8 Å². The molecule has 1 aliphatic rings. The normalized spacial score (nSPS) is 16.6. The van der Waals surface area contributed by atoms with Crippen LogP contribution in [-0.4, -0.2) is 26.7 Å². The lowest BCUT2D eigenvalue weighted by Gasteiger charge is -2.37. The Bertz CT molecular complexity index is 1120. The van der Waals surface area contributed by atoms with Crippen molar-refractivity contribution in [1.82, 2.24) is 20.4 Å². The third-order valence-electron chi connectivity index (χ3n) is 5.70. The number of thiocarbonyl (C=S) groups is 1. The Balaban J connectivity index is 1.80. The molecule has 1 unspecified atom stereocenters. The molecule has 2 aromatic carbocycles. The monoisotopic (exact) mass is 432 g/mol. The van der Waals surface area contributed by atoms with E-state index in [-0.39, 0.29) is 6.04 Å². The summed E-state index contributed by atoms with van der Waals surface area (Å²) >= 11 is 5.71. The first-order chi connectivity index (χ1) is 15.0. The number of nitrogens with one attached hydrogen (secondary N) is 1. The van der Waals surface area contributed by atoms with Crippen LogP contribution in [0.1, 0.15) is 55.8 Å². The summed E-state index contributed by atoms with van der Waals surface area (Å²) in [5.41, 5.74) is 6.55. The first-order valence-electron chi connectivity index (χ1n) is 10.8. The maximum Gasteiger partial charge on any atom is 0.258 e. The molecule has 0 spiro atoms. The lowest BCUT2D eigenvalue weighted by Crippen LogP contribution is -2.46. The molecule has 5 nitrogen and oxygen atoms in total. The van der Waals surface area contributed by atoms with E-state index in [4.69, 9.17) is 21.7 Å². The second-order valence-electron chi connectivity index (χ2n) is 7.92. The van der Waals surface area contributed by atoms with Crippen LogP contribution in [0.2, 0.25) is 0 Å². The summed E-state index contributed by atoms with van der Waals surface area (Å²) in [6, 6.07) is 16.6. The van der Waals surface area contributed by atoms with Crippen molar-refractivity contribution in [2.45, 2.75) is 46.6 Å². The van der Waals surface area contributed by atoms with Crippen molar-refractivity contribution in [3.05, 3.63) is 76.8 Å². The first kappa shape index (κ1) is 21.2. The molecule has 2 heterocycles. The predicted octanol–water partition coefficient (Wildman–Crippen LogP) is 5.68. The lowest BCUT2D eigenvalue weighted by molar-refractivity contribution is 0.396. The van der Waals surface area contributed by atoms with Crippen LogP contribution in [0, 0.1) is 6.92 Å². The quantitative estimate of drug-likeness (QED) is 0.506. The maximum absolute atomic E-state index is 5.80. The highest BCUT2D eigenvalue weighted by Crippen LogP contribution is 2.37. The summed E-state index contributed by atoms with van der Waals surface area (Å²) in [7, 11) is 0. The average Bonchev–Trinajstić information content (AvgIpc) is 3.26. The lowest BCUT2D eigenvalue weighted by atomic mass is 9.94. The summed E-state index contributed by atoms with van der Waals surface area (Å²) < 4.78 is 5.80. The van der Waals surface area contributed by atoms with Gasteiger partial charge in [0.25, 0.3) is 5.89 Å². The molecule has 1 aromatic heterocycles. The van der Waals surface area contributed by atoms with Crippen LogP contribution in [0.3, 0.4) is 0 Å². The van der Waals surface area contributed by atoms with Crippen molar-refractivity contribution < 1.29 is 4.52 Å². The zero-order valence-corrected chi connectivity index (χ0v) is 19.3. The van der Waals surface area contributed by atoms with Crippen LogP contribution >= 0.6 is 12.2 Å². The molecule has 1 atom stereocenters. The molecule has 0 aliphatic carbocycles. The van der Waals surface area contributed by atoms with Gasteiger partial charge in [-0.05, 0) is 56.1 Å². The van der Waals surface area contributed by atoms with Gasteiger partial charge >= 0.3 is 0 Å². The third kappa shape index (κ3) is 4.26. The summed E-state index contributed by atoms with van der Waals surface area (Å²) in [6.07, 6.45) is 1.99. The Labute approximate surface area is 189 Å². The number of hydrogen-bond donors (Lipinski definition) is 1. The fourth-order valence-electron chi connectivity index (χ4n) is 3.98. The van der Waals surface area contributed by atoms with Crippen molar-refractivity contribution in [1.29, 1.82) is 0 Å². The number of nitrogens with zero attached hydrogens (tertiary/aromatic N) is 3. The van der Waals surface area contributed by atoms with Crippen molar-refractivity contribution in [2.75, 3.05) is 6.54 Å². The van der Waals surface area contributed by atoms with E-state index < -0.39 is 0 Å². The van der Waals surface area contributed by atoms with Gasteiger partial charge in [-0.3, -0.25) is 0 Å². The van der Waals surface area contributed by atoms with E-state index in [9.17, 15) is 0 Å². The Morgan fingerprint density at radius 2 is 1.87 bits per heavy atom. The zero-order chi connectivity index (χ0) is 22.0. The number of aryl methyl sites for hydroxylation is 2. The molecular weight excluding hydrogens is 404 g/mol. The fourth-order valence-corrected chi connectivity index (χ4v) is 4.33. The molecule has 3 aromatic rings. The molecule has 1 aliphatic heterocycles. The van der Waals surface area contributed by atoms with Crippen LogP contribution in [-0.2, 0) is 6.42 Å². The van der Waals surface area contributed by atoms with Gasteiger partial charge in [0.2, 0.25) is 5.82 Å². The summed E-state index contributed by atoms with van der Waals surface area (Å²) in [5.74, 6) is 1.11. The zero-order valence-electron chi connectivity index (χ0n) is 18.5. The predicted molar refractivity (Wildman–Crippen MR) is 128 cm³/mol. The fraction of sp³-hybridized carbons (Fsp3) is 0.320. The highest BCUT2D eigenvalue weighted by Gasteiger charge is 2.33. The highest BCUT2D eigenvalue weighted by molar-refractivity contribution is 7.80. The molecule has 4 rings (SSSR count). The van der Waals surface area contributed by atoms with Crippen molar-refractivity contribution in [2.24, 2.45) is 0 Å². The Morgan fingerprint density at radius 3 is 2.55 bits per heavy atom. The molecule has 0 fully saturated rings. The first-order valence-corrected chi connectivity index (χ1v) is 11.2. The van der Waals surface area contributed by atoms with Crippen LogP contribution < -0.4 is 5.32 Å². The molecule has 31 heavy (non-hydrogen) atoms. The van der Waals surface area contributed by atoms with Crippen LogP contribution in [0.15, 0.2) is 58.8 Å². The molecule has 1 N–H and O–H groups in total. The van der Waals surface area contributed by atoms with E-state index in [0.717, 1.165) is 52.5 Å². The minimum Gasteiger partial charge on any atom is -0.351 e. The van der Waals surface area contributed by atoms with Crippen molar-refractivity contribution in [3.63, 3.8) is 0 Å². The number of hydrogen-bond acceptors (Lipinski definition) is 4. The van der Waals surface area contributed by atoms with Gasteiger partial charge in [-0.15, -0.1) is 0 Å². The second-order valence-corrected chi connectivity index (χ2v) is 8.31. The van der Waals surface area contributed by atoms with E-state index in [2.05, 4.69) is 79.5 Å². The molecule has 0 saturated carbocycles. The minimum atomic E-state index is -0.141. The van der Waals surface area contributed by atoms with E-state index in [0.29, 0.717) is 11.7 Å². The van der Waals surface area contributed by atoms with Gasteiger partial charge in [0.05, 0.1) is 11.6 Å². The summed E-state index contributed by atoms with van der Waals surface area (Å²) in [4.78, 5) is 6.90. The van der Waals surface area contributed by atoms with Crippen LogP contribution in [0.25, 0.3) is 17.0 Å². The van der Waals surface area contributed by atoms with Gasteiger partial charge < -0.3 is 14.7 Å². The van der Waals surface area contributed by atoms with Gasteiger partial charge in [0.1, 0.15) is 0 Å². The molecule has 0 radical (unpaired) electrons. The van der Waals surface area contributed by atoms with Crippen molar-refractivity contribution in [3.8, 4) is 11.4 Å². The minimum absolute atomic E-state index is 0.141. The third-order valence-corrected chi connectivity index (χ3v) is 6.04. The Morgan fingerprint density at radius 1 is 1.10 bits per heavy atom. The topological polar surface area (TPSA) is 54.2 Å². The van der Waals surface area contributed by atoms with Gasteiger partial charge in [-0.25, -0.2) is 0 Å². The summed E-state index contributed by atoms with van der Waals surface area (Å²) in [6.45, 7) is 9.28. The molecule has 0 saturated heterocycles. The van der Waals surface area contributed by atoms with E-state index in [1.165, 1.54) is 5.56 Å². The second kappa shape index (κ2) is 9.02. The molecule has 0 bridgehead atoms. The van der Waals surface area contributed by atoms with Crippen LogP contribution in [0.5, 0.6) is 0 Å². The number of allylic oxidation sites excluding steroid dienone is 1. The molecular formula is C25H28N4OS. The van der Waals surface area contributed by atoms with E-state index in [1.807, 2.05) is 12.1 Å². The molecule has 160 valence electrons. The van der Waals surface area contributed by atoms with Crippen molar-refractivity contribution >= 4 is 22.9 Å².